The second-order valence-corrected chi connectivity index (χ2v) is 20.5. The first-order valence-corrected chi connectivity index (χ1v) is 28.2. The number of carbonyl (C=O) groups excluding carboxylic acids is 3. The maximum Gasteiger partial charge on any atom is 0.306 e. The molecule has 0 aromatic heterocycles. The highest BCUT2D eigenvalue weighted by Crippen LogP contribution is 2.19. The molecule has 0 N–H and O–H groups in total. The van der Waals surface area contributed by atoms with Crippen molar-refractivity contribution in [1.82, 2.24) is 0 Å². The summed E-state index contributed by atoms with van der Waals surface area (Å²) in [5, 5.41) is 0. The van der Waals surface area contributed by atoms with Gasteiger partial charge in [0.15, 0.2) is 6.10 Å². The lowest BCUT2D eigenvalue weighted by atomic mass is 9.99. The van der Waals surface area contributed by atoms with Gasteiger partial charge < -0.3 is 14.2 Å². The number of ether oxygens (including phenoxy) is 3. The molecule has 0 aliphatic heterocycles. The maximum absolute atomic E-state index is 12.8. The molecule has 0 heterocycles. The lowest BCUT2D eigenvalue weighted by Crippen LogP contribution is -2.30. The summed E-state index contributed by atoms with van der Waals surface area (Å²) in [5.74, 6) is 1.70. The quantitative estimate of drug-likeness (QED) is 0.0344. The second-order valence-electron chi connectivity index (χ2n) is 20.5. The molecule has 374 valence electrons. The van der Waals surface area contributed by atoms with Gasteiger partial charge >= 0.3 is 17.9 Å². The van der Waals surface area contributed by atoms with E-state index >= 15 is 0 Å². The third-order valence-corrected chi connectivity index (χ3v) is 13.6. The molecule has 0 amide bonds. The summed E-state index contributed by atoms with van der Waals surface area (Å²) in [5.41, 5.74) is 0. The van der Waals surface area contributed by atoms with E-state index < -0.39 is 6.10 Å². The fourth-order valence-corrected chi connectivity index (χ4v) is 8.58. The van der Waals surface area contributed by atoms with Crippen molar-refractivity contribution >= 4 is 17.9 Å². The van der Waals surface area contributed by atoms with Gasteiger partial charge in [-0.2, -0.15) is 0 Å². The minimum atomic E-state index is -0.764. The first kappa shape index (κ1) is 61.4. The Kier molecular flexibility index (Phi) is 47.1. The Morgan fingerprint density at radius 3 is 0.825 bits per heavy atom. The average molecular weight is 892 g/mol. The normalized spacial score (nSPS) is 13.0. The molecular weight excluding hydrogens is 781 g/mol. The van der Waals surface area contributed by atoms with Gasteiger partial charge in [-0.1, -0.05) is 273 Å². The highest BCUT2D eigenvalue weighted by Gasteiger charge is 2.19. The van der Waals surface area contributed by atoms with E-state index in [1.165, 1.54) is 193 Å². The van der Waals surface area contributed by atoms with Crippen LogP contribution in [0, 0.1) is 17.8 Å². The van der Waals surface area contributed by atoms with Crippen molar-refractivity contribution in [3.8, 4) is 0 Å². The van der Waals surface area contributed by atoms with Gasteiger partial charge in [-0.3, -0.25) is 14.4 Å². The predicted molar refractivity (Wildman–Crippen MR) is 270 cm³/mol. The molecule has 6 nitrogen and oxygen atoms in total. The fraction of sp³-hybridized carbons (Fsp3) is 0.947. The van der Waals surface area contributed by atoms with Crippen LogP contribution in [0.5, 0.6) is 0 Å². The Morgan fingerprint density at radius 1 is 0.317 bits per heavy atom. The summed E-state index contributed by atoms with van der Waals surface area (Å²) < 4.78 is 16.9. The van der Waals surface area contributed by atoms with Crippen LogP contribution in [0.15, 0.2) is 0 Å². The van der Waals surface area contributed by atoms with Crippen molar-refractivity contribution in [3.05, 3.63) is 0 Å². The van der Waals surface area contributed by atoms with Crippen LogP contribution in [0.1, 0.15) is 311 Å². The molecule has 0 saturated heterocycles. The van der Waals surface area contributed by atoms with E-state index in [0.717, 1.165) is 75.5 Å². The Balaban J connectivity index is 4.27. The minimum absolute atomic E-state index is 0.0644. The molecule has 6 heteroatoms. The first-order chi connectivity index (χ1) is 30.7. The lowest BCUT2D eigenvalue weighted by Gasteiger charge is -2.18. The average Bonchev–Trinajstić information content (AvgIpc) is 3.27. The Labute approximate surface area is 393 Å². The lowest BCUT2D eigenvalue weighted by molar-refractivity contribution is -0.167. The van der Waals surface area contributed by atoms with Crippen molar-refractivity contribution < 1.29 is 28.6 Å². The fourth-order valence-electron chi connectivity index (χ4n) is 8.58. The van der Waals surface area contributed by atoms with Crippen LogP contribution in [-0.2, 0) is 28.6 Å². The van der Waals surface area contributed by atoms with Gasteiger partial charge in [-0.05, 0) is 37.0 Å². The molecule has 0 radical (unpaired) electrons. The molecule has 0 rings (SSSR count). The van der Waals surface area contributed by atoms with Gasteiger partial charge in [-0.25, -0.2) is 0 Å². The summed E-state index contributed by atoms with van der Waals surface area (Å²) in [6, 6.07) is 0. The SMILES string of the molecule is CCC(C)CCCCCCCCCCCCCCCCC(=O)OC[C@@H](COC(=O)CCCCCCCCC(C)CC)OC(=O)CCCCCCCCCCCCCCCCC(C)C. The van der Waals surface area contributed by atoms with Crippen LogP contribution in [0.4, 0.5) is 0 Å². The molecule has 0 fully saturated rings. The van der Waals surface area contributed by atoms with E-state index in [4.69, 9.17) is 14.2 Å². The largest absolute Gasteiger partial charge is 0.462 e. The van der Waals surface area contributed by atoms with E-state index in [1.807, 2.05) is 0 Å². The molecule has 0 bridgehead atoms. The standard InChI is InChI=1S/C57H110O6/c1-7-52(5)44-38-32-26-22-18-14-10-12-15-19-23-27-34-40-46-55(58)61-49-54(50-62-56(59)47-41-35-30-29-33-39-45-53(6)8-2)63-57(60)48-42-36-28-24-20-16-11-9-13-17-21-25-31-37-43-51(3)4/h51-54H,7-50H2,1-6H3/t52?,53?,54-/m0/s1. The highest BCUT2D eigenvalue weighted by atomic mass is 16.6. The molecular formula is C57H110O6. The van der Waals surface area contributed by atoms with Crippen molar-refractivity contribution in [2.75, 3.05) is 13.2 Å². The zero-order valence-electron chi connectivity index (χ0n) is 43.4. The predicted octanol–water partition coefficient (Wildman–Crippen LogP) is 18.3. The summed E-state index contributed by atoms with van der Waals surface area (Å²) >= 11 is 0. The number of hydrogen-bond donors (Lipinski definition) is 0. The van der Waals surface area contributed by atoms with E-state index in [9.17, 15) is 14.4 Å². The molecule has 0 aromatic carbocycles. The van der Waals surface area contributed by atoms with E-state index in [2.05, 4.69) is 41.5 Å². The van der Waals surface area contributed by atoms with Crippen LogP contribution in [0.2, 0.25) is 0 Å². The van der Waals surface area contributed by atoms with Crippen LogP contribution in [-0.4, -0.2) is 37.2 Å². The molecule has 0 spiro atoms. The topological polar surface area (TPSA) is 78.9 Å². The van der Waals surface area contributed by atoms with Crippen LogP contribution < -0.4 is 0 Å². The van der Waals surface area contributed by atoms with E-state index in [0.29, 0.717) is 19.3 Å². The Morgan fingerprint density at radius 2 is 0.556 bits per heavy atom. The van der Waals surface area contributed by atoms with Crippen molar-refractivity contribution in [2.45, 2.75) is 317 Å². The summed E-state index contributed by atoms with van der Waals surface area (Å²) in [6.45, 7) is 13.8. The molecule has 0 saturated carbocycles. The van der Waals surface area contributed by atoms with E-state index in [1.54, 1.807) is 0 Å². The number of hydrogen-bond acceptors (Lipinski definition) is 6. The molecule has 0 aliphatic rings. The summed E-state index contributed by atoms with van der Waals surface area (Å²) in [7, 11) is 0. The number of esters is 3. The molecule has 2 unspecified atom stereocenters. The van der Waals surface area contributed by atoms with E-state index in [-0.39, 0.29) is 31.1 Å². The molecule has 63 heavy (non-hydrogen) atoms. The number of carbonyl (C=O) groups is 3. The van der Waals surface area contributed by atoms with Crippen LogP contribution in [0.25, 0.3) is 0 Å². The Hall–Kier alpha value is -1.59. The van der Waals surface area contributed by atoms with Gasteiger partial charge in [0.1, 0.15) is 13.2 Å². The van der Waals surface area contributed by atoms with Gasteiger partial charge in [0, 0.05) is 19.3 Å². The molecule has 0 aromatic rings. The van der Waals surface area contributed by atoms with Crippen LogP contribution >= 0.6 is 0 Å². The minimum Gasteiger partial charge on any atom is -0.462 e. The van der Waals surface area contributed by atoms with Crippen molar-refractivity contribution in [3.63, 3.8) is 0 Å². The maximum atomic E-state index is 12.8. The third kappa shape index (κ3) is 48.2. The van der Waals surface area contributed by atoms with Gasteiger partial charge in [0.05, 0.1) is 0 Å². The number of rotatable bonds is 50. The number of unbranched alkanes of at least 4 members (excludes halogenated alkanes) is 31. The zero-order chi connectivity index (χ0) is 46.3. The van der Waals surface area contributed by atoms with Gasteiger partial charge in [-0.15, -0.1) is 0 Å². The highest BCUT2D eigenvalue weighted by molar-refractivity contribution is 5.71. The monoisotopic (exact) mass is 891 g/mol. The second kappa shape index (κ2) is 48.3. The van der Waals surface area contributed by atoms with Gasteiger partial charge in [0.2, 0.25) is 0 Å². The summed E-state index contributed by atoms with van der Waals surface area (Å²) in [6.07, 6.45) is 49.5. The smallest absolute Gasteiger partial charge is 0.306 e. The molecule has 0 aliphatic carbocycles. The van der Waals surface area contributed by atoms with Crippen molar-refractivity contribution in [2.24, 2.45) is 17.8 Å². The van der Waals surface area contributed by atoms with Crippen LogP contribution in [0.3, 0.4) is 0 Å². The van der Waals surface area contributed by atoms with Gasteiger partial charge in [0.25, 0.3) is 0 Å². The Bertz CT molecular complexity index is 980. The zero-order valence-corrected chi connectivity index (χ0v) is 43.4. The third-order valence-electron chi connectivity index (χ3n) is 13.6. The molecule has 3 atom stereocenters. The first-order valence-electron chi connectivity index (χ1n) is 28.2. The summed E-state index contributed by atoms with van der Waals surface area (Å²) in [4.78, 5) is 38.0. The van der Waals surface area contributed by atoms with Crippen molar-refractivity contribution in [1.29, 1.82) is 0 Å².